The number of nitro groups is 1. The normalized spacial score (nSPS) is 19.1. The highest BCUT2D eigenvalue weighted by atomic mass is 16.6. The average Bonchev–Trinajstić information content (AvgIpc) is 2.76. The molecule has 0 atom stereocenters. The van der Waals surface area contributed by atoms with Gasteiger partial charge in [0.25, 0.3) is 5.91 Å². The van der Waals surface area contributed by atoms with Crippen molar-refractivity contribution in [3.05, 3.63) is 43.8 Å². The number of aromatic hydroxyl groups is 1. The van der Waals surface area contributed by atoms with E-state index >= 15 is 0 Å². The summed E-state index contributed by atoms with van der Waals surface area (Å²) in [5.74, 6) is -0.980. The number of rotatable bonds is 3. The van der Waals surface area contributed by atoms with Crippen molar-refractivity contribution in [1.29, 1.82) is 0 Å². The number of likely N-dealkylation sites (N-methyl/N-ethyl adjacent to an activating group) is 1. The van der Waals surface area contributed by atoms with Crippen molar-refractivity contribution >= 4 is 22.6 Å². The third-order valence-electron chi connectivity index (χ3n) is 6.44. The van der Waals surface area contributed by atoms with Crippen molar-refractivity contribution in [1.82, 2.24) is 14.7 Å². The Balaban J connectivity index is 1.54. The van der Waals surface area contributed by atoms with Crippen LogP contribution in [-0.2, 0) is 0 Å². The maximum Gasteiger partial charge on any atom is 0.349 e. The molecular formula is C21H26N4O6. The van der Waals surface area contributed by atoms with E-state index in [1.165, 1.54) is 13.0 Å². The smallest absolute Gasteiger partial charge is 0.349 e. The van der Waals surface area contributed by atoms with Gasteiger partial charge in [0.1, 0.15) is 11.1 Å². The SMILES string of the molecule is Cc1c(O)c([N+](=O)[O-])cc2cc(C(=O)N3CCC(N4CCN(C)CC4)CC3)c(=O)oc12. The van der Waals surface area contributed by atoms with Crippen LogP contribution in [-0.4, -0.2) is 83.0 Å². The summed E-state index contributed by atoms with van der Waals surface area (Å²) in [7, 11) is 2.12. The quantitative estimate of drug-likeness (QED) is 0.443. The molecule has 0 spiro atoms. The van der Waals surface area contributed by atoms with Crippen molar-refractivity contribution in [2.75, 3.05) is 46.3 Å². The van der Waals surface area contributed by atoms with Crippen LogP contribution in [0.3, 0.4) is 0 Å². The van der Waals surface area contributed by atoms with Gasteiger partial charge in [0.2, 0.25) is 5.75 Å². The van der Waals surface area contributed by atoms with Crippen LogP contribution in [0.1, 0.15) is 28.8 Å². The summed E-state index contributed by atoms with van der Waals surface area (Å²) < 4.78 is 5.28. The molecule has 2 aromatic rings. The van der Waals surface area contributed by atoms with Gasteiger partial charge in [-0.05, 0) is 32.9 Å². The molecular weight excluding hydrogens is 404 g/mol. The number of piperazine rings is 1. The molecule has 10 nitrogen and oxygen atoms in total. The predicted octanol–water partition coefficient (Wildman–Crippen LogP) is 1.57. The summed E-state index contributed by atoms with van der Waals surface area (Å²) in [6.07, 6.45) is 1.68. The fourth-order valence-corrected chi connectivity index (χ4v) is 4.48. The third-order valence-corrected chi connectivity index (χ3v) is 6.44. The Bertz CT molecular complexity index is 1080. The molecule has 1 N–H and O–H groups in total. The largest absolute Gasteiger partial charge is 0.502 e. The monoisotopic (exact) mass is 430 g/mol. The summed E-state index contributed by atoms with van der Waals surface area (Å²) in [6.45, 7) is 6.64. The number of aryl methyl sites for hydroxylation is 1. The average molecular weight is 430 g/mol. The van der Waals surface area contributed by atoms with Crippen LogP contribution in [0.4, 0.5) is 5.69 Å². The van der Waals surface area contributed by atoms with Crippen molar-refractivity contribution in [3.63, 3.8) is 0 Å². The zero-order valence-corrected chi connectivity index (χ0v) is 17.7. The Kier molecular flexibility index (Phi) is 5.67. The highest BCUT2D eigenvalue weighted by Gasteiger charge is 2.30. The Morgan fingerprint density at radius 3 is 2.42 bits per heavy atom. The van der Waals surface area contributed by atoms with Crippen LogP contribution in [0.25, 0.3) is 11.0 Å². The number of piperidine rings is 1. The van der Waals surface area contributed by atoms with Gasteiger partial charge in [0.15, 0.2) is 0 Å². The zero-order chi connectivity index (χ0) is 22.3. The zero-order valence-electron chi connectivity index (χ0n) is 17.7. The maximum atomic E-state index is 13.0. The second-order valence-electron chi connectivity index (χ2n) is 8.35. The molecule has 4 rings (SSSR count). The van der Waals surface area contributed by atoms with E-state index in [0.29, 0.717) is 19.1 Å². The molecule has 0 saturated carbocycles. The van der Waals surface area contributed by atoms with Crippen molar-refractivity contribution in [2.24, 2.45) is 0 Å². The number of hydrogen-bond donors (Lipinski definition) is 1. The van der Waals surface area contributed by atoms with Crippen molar-refractivity contribution in [2.45, 2.75) is 25.8 Å². The van der Waals surface area contributed by atoms with E-state index in [1.54, 1.807) is 4.90 Å². The molecule has 2 fully saturated rings. The van der Waals surface area contributed by atoms with Gasteiger partial charge in [0, 0.05) is 62.3 Å². The van der Waals surface area contributed by atoms with E-state index in [9.17, 15) is 24.8 Å². The van der Waals surface area contributed by atoms with Gasteiger partial charge in [0.05, 0.1) is 4.92 Å². The maximum absolute atomic E-state index is 13.0. The Morgan fingerprint density at radius 1 is 1.16 bits per heavy atom. The van der Waals surface area contributed by atoms with E-state index in [1.807, 2.05) is 0 Å². The minimum Gasteiger partial charge on any atom is -0.502 e. The first-order chi connectivity index (χ1) is 14.8. The van der Waals surface area contributed by atoms with Crippen LogP contribution in [0, 0.1) is 17.0 Å². The number of phenolic OH excluding ortho intramolecular Hbond substituents is 1. The lowest BCUT2D eigenvalue weighted by molar-refractivity contribution is -0.385. The molecule has 2 saturated heterocycles. The number of carbonyl (C=O) groups is 1. The number of amides is 1. The standard InChI is InChI=1S/C21H26N4O6/c1-13-18(26)17(25(29)30)12-14-11-16(21(28)31-19(13)14)20(27)24-5-3-15(4-6-24)23-9-7-22(2)8-10-23/h11-12,15,26H,3-10H2,1-2H3. The predicted molar refractivity (Wildman–Crippen MR) is 114 cm³/mol. The molecule has 2 aliphatic rings. The van der Waals surface area contributed by atoms with Gasteiger partial charge in [-0.25, -0.2) is 4.79 Å². The van der Waals surface area contributed by atoms with Crippen LogP contribution in [0.2, 0.25) is 0 Å². The van der Waals surface area contributed by atoms with E-state index in [-0.39, 0.29) is 22.1 Å². The Hall–Kier alpha value is -2.98. The van der Waals surface area contributed by atoms with Gasteiger partial charge in [-0.1, -0.05) is 0 Å². The summed E-state index contributed by atoms with van der Waals surface area (Å²) in [4.78, 5) is 42.4. The number of phenols is 1. The van der Waals surface area contributed by atoms with Gasteiger partial charge in [-0.2, -0.15) is 0 Å². The molecule has 0 aliphatic carbocycles. The first-order valence-corrected chi connectivity index (χ1v) is 10.4. The molecule has 31 heavy (non-hydrogen) atoms. The minimum absolute atomic E-state index is 0.0402. The molecule has 0 bridgehead atoms. The Labute approximate surface area is 178 Å². The summed E-state index contributed by atoms with van der Waals surface area (Å²) in [5.41, 5.74) is -1.32. The minimum atomic E-state index is -0.810. The van der Waals surface area contributed by atoms with Gasteiger partial charge < -0.3 is 19.3 Å². The number of likely N-dealkylation sites (tertiary alicyclic amines) is 1. The molecule has 3 heterocycles. The van der Waals surface area contributed by atoms with Crippen LogP contribution in [0.5, 0.6) is 5.75 Å². The van der Waals surface area contributed by atoms with E-state index < -0.39 is 27.9 Å². The molecule has 0 unspecified atom stereocenters. The number of nitro benzene ring substituents is 1. The lowest BCUT2D eigenvalue weighted by atomic mass is 10.0. The summed E-state index contributed by atoms with van der Waals surface area (Å²) in [6, 6.07) is 2.88. The van der Waals surface area contributed by atoms with Gasteiger partial charge >= 0.3 is 11.3 Å². The lowest BCUT2D eigenvalue weighted by Gasteiger charge is -2.42. The molecule has 1 aromatic heterocycles. The lowest BCUT2D eigenvalue weighted by Crippen LogP contribution is -2.53. The molecule has 166 valence electrons. The van der Waals surface area contributed by atoms with E-state index in [0.717, 1.165) is 45.1 Å². The number of carbonyl (C=O) groups excluding carboxylic acids is 1. The fourth-order valence-electron chi connectivity index (χ4n) is 4.48. The van der Waals surface area contributed by atoms with Gasteiger partial charge in [-0.15, -0.1) is 0 Å². The highest BCUT2D eigenvalue weighted by Crippen LogP contribution is 2.35. The molecule has 10 heteroatoms. The first kappa shape index (κ1) is 21.3. The Morgan fingerprint density at radius 2 is 1.81 bits per heavy atom. The van der Waals surface area contributed by atoms with E-state index in [4.69, 9.17) is 4.42 Å². The van der Waals surface area contributed by atoms with Crippen LogP contribution < -0.4 is 5.63 Å². The van der Waals surface area contributed by atoms with Crippen LogP contribution >= 0.6 is 0 Å². The van der Waals surface area contributed by atoms with E-state index in [2.05, 4.69) is 16.8 Å². The van der Waals surface area contributed by atoms with Crippen LogP contribution in [0.15, 0.2) is 21.3 Å². The third kappa shape index (κ3) is 4.00. The second kappa shape index (κ2) is 8.27. The number of hydrogen-bond acceptors (Lipinski definition) is 8. The first-order valence-electron chi connectivity index (χ1n) is 10.4. The van der Waals surface area contributed by atoms with Crippen molar-refractivity contribution in [3.8, 4) is 5.75 Å². The molecule has 1 aromatic carbocycles. The number of benzene rings is 1. The summed E-state index contributed by atoms with van der Waals surface area (Å²) in [5, 5.41) is 21.4. The molecule has 2 aliphatic heterocycles. The second-order valence-corrected chi connectivity index (χ2v) is 8.35. The van der Waals surface area contributed by atoms with Crippen molar-refractivity contribution < 1.29 is 19.2 Å². The fraction of sp³-hybridized carbons (Fsp3) is 0.524. The topological polar surface area (TPSA) is 120 Å². The summed E-state index contributed by atoms with van der Waals surface area (Å²) >= 11 is 0. The van der Waals surface area contributed by atoms with Gasteiger partial charge in [-0.3, -0.25) is 19.8 Å². The number of nitrogens with zero attached hydrogens (tertiary/aromatic N) is 4. The highest BCUT2D eigenvalue weighted by molar-refractivity contribution is 5.98. The number of fused-ring (bicyclic) bond motifs is 1. The molecule has 0 radical (unpaired) electrons. The molecule has 1 amide bonds.